The first-order valence-corrected chi connectivity index (χ1v) is 7.75. The summed E-state index contributed by atoms with van der Waals surface area (Å²) in [6, 6.07) is 8.20. The van der Waals surface area contributed by atoms with Crippen LogP contribution in [-0.4, -0.2) is 39.7 Å². The number of halogens is 1. The van der Waals surface area contributed by atoms with Crippen molar-refractivity contribution in [3.63, 3.8) is 0 Å². The SMILES string of the molecule is Cc1ccccc1-n1ncc(C(=O)N2CCCC2CN)c1C.Cl. The Morgan fingerprint density at radius 2 is 2.09 bits per heavy atom. The Labute approximate surface area is 142 Å². The zero-order valence-corrected chi connectivity index (χ0v) is 14.3. The maximum atomic E-state index is 12.8. The van der Waals surface area contributed by atoms with E-state index in [1.807, 2.05) is 47.7 Å². The molecule has 0 radical (unpaired) electrons. The molecule has 1 amide bonds. The predicted molar refractivity (Wildman–Crippen MR) is 93.4 cm³/mol. The van der Waals surface area contributed by atoms with Gasteiger partial charge in [0.2, 0.25) is 0 Å². The number of nitrogens with zero attached hydrogens (tertiary/aromatic N) is 3. The average molecular weight is 335 g/mol. The van der Waals surface area contributed by atoms with Crippen LogP contribution in [0.25, 0.3) is 5.69 Å². The lowest BCUT2D eigenvalue weighted by Crippen LogP contribution is -2.40. The Morgan fingerprint density at radius 3 is 2.78 bits per heavy atom. The van der Waals surface area contributed by atoms with Gasteiger partial charge in [0.15, 0.2) is 0 Å². The van der Waals surface area contributed by atoms with Gasteiger partial charge >= 0.3 is 0 Å². The average Bonchev–Trinajstić information content (AvgIpc) is 3.14. The molecule has 1 aromatic heterocycles. The maximum absolute atomic E-state index is 12.8. The summed E-state index contributed by atoms with van der Waals surface area (Å²) < 4.78 is 1.84. The number of hydrogen-bond donors (Lipinski definition) is 1. The van der Waals surface area contributed by atoms with E-state index in [9.17, 15) is 4.79 Å². The van der Waals surface area contributed by atoms with Crippen LogP contribution in [0.3, 0.4) is 0 Å². The lowest BCUT2D eigenvalue weighted by atomic mass is 10.1. The monoisotopic (exact) mass is 334 g/mol. The van der Waals surface area contributed by atoms with Gasteiger partial charge in [-0.15, -0.1) is 12.4 Å². The largest absolute Gasteiger partial charge is 0.334 e. The fourth-order valence-corrected chi connectivity index (χ4v) is 3.17. The molecule has 1 atom stereocenters. The topological polar surface area (TPSA) is 64.2 Å². The first kappa shape index (κ1) is 17.5. The molecular weight excluding hydrogens is 312 g/mol. The van der Waals surface area contributed by atoms with Gasteiger partial charge in [0.05, 0.1) is 23.1 Å². The number of nitrogens with two attached hydrogens (primary N) is 1. The zero-order valence-electron chi connectivity index (χ0n) is 13.5. The smallest absolute Gasteiger partial charge is 0.257 e. The van der Waals surface area contributed by atoms with Gasteiger partial charge in [-0.25, -0.2) is 4.68 Å². The molecule has 0 aliphatic carbocycles. The summed E-state index contributed by atoms with van der Waals surface area (Å²) in [5, 5.41) is 4.43. The molecule has 5 nitrogen and oxygen atoms in total. The van der Waals surface area contributed by atoms with Crippen molar-refractivity contribution in [3.05, 3.63) is 47.3 Å². The van der Waals surface area contributed by atoms with E-state index in [0.29, 0.717) is 12.1 Å². The van der Waals surface area contributed by atoms with E-state index in [0.717, 1.165) is 36.3 Å². The molecule has 2 heterocycles. The molecule has 23 heavy (non-hydrogen) atoms. The number of aromatic nitrogens is 2. The number of hydrogen-bond acceptors (Lipinski definition) is 3. The van der Waals surface area contributed by atoms with Gasteiger partial charge in [0.1, 0.15) is 0 Å². The molecule has 1 fully saturated rings. The number of aryl methyl sites for hydroxylation is 1. The molecule has 0 bridgehead atoms. The van der Waals surface area contributed by atoms with E-state index < -0.39 is 0 Å². The van der Waals surface area contributed by atoms with Crippen LogP contribution < -0.4 is 5.73 Å². The highest BCUT2D eigenvalue weighted by Crippen LogP contribution is 2.23. The number of likely N-dealkylation sites (tertiary alicyclic amines) is 1. The summed E-state index contributed by atoms with van der Waals surface area (Å²) in [4.78, 5) is 14.7. The quantitative estimate of drug-likeness (QED) is 0.937. The second-order valence-electron chi connectivity index (χ2n) is 5.87. The summed E-state index contributed by atoms with van der Waals surface area (Å²) in [5.74, 6) is 0.0466. The molecule has 1 aliphatic heterocycles. The van der Waals surface area contributed by atoms with Crippen LogP contribution in [0.5, 0.6) is 0 Å². The Hall–Kier alpha value is -1.85. The third-order valence-electron chi connectivity index (χ3n) is 4.49. The van der Waals surface area contributed by atoms with Gasteiger partial charge in [-0.05, 0) is 38.3 Å². The normalized spacial score (nSPS) is 17.2. The molecule has 1 unspecified atom stereocenters. The third kappa shape index (κ3) is 3.12. The Bertz CT molecular complexity index is 698. The first-order chi connectivity index (χ1) is 10.6. The number of para-hydroxylation sites is 1. The van der Waals surface area contributed by atoms with Crippen molar-refractivity contribution < 1.29 is 4.79 Å². The molecule has 1 aromatic carbocycles. The van der Waals surface area contributed by atoms with E-state index >= 15 is 0 Å². The van der Waals surface area contributed by atoms with Crippen LogP contribution in [-0.2, 0) is 0 Å². The van der Waals surface area contributed by atoms with Crippen molar-refractivity contribution in [2.45, 2.75) is 32.7 Å². The van der Waals surface area contributed by atoms with Gasteiger partial charge in [-0.3, -0.25) is 4.79 Å². The minimum atomic E-state index is 0. The van der Waals surface area contributed by atoms with Crippen LogP contribution in [0, 0.1) is 13.8 Å². The van der Waals surface area contributed by atoms with Crippen LogP contribution in [0.15, 0.2) is 30.5 Å². The molecule has 2 aromatic rings. The first-order valence-electron chi connectivity index (χ1n) is 7.75. The van der Waals surface area contributed by atoms with E-state index in [2.05, 4.69) is 5.10 Å². The van der Waals surface area contributed by atoms with Gasteiger partial charge in [0.25, 0.3) is 5.91 Å². The molecule has 124 valence electrons. The maximum Gasteiger partial charge on any atom is 0.257 e. The van der Waals surface area contributed by atoms with Crippen molar-refractivity contribution in [2.75, 3.05) is 13.1 Å². The van der Waals surface area contributed by atoms with Crippen LogP contribution in [0.4, 0.5) is 0 Å². The molecule has 6 heteroatoms. The minimum absolute atomic E-state index is 0. The van der Waals surface area contributed by atoms with Gasteiger partial charge in [-0.2, -0.15) is 5.10 Å². The zero-order chi connectivity index (χ0) is 15.7. The number of carbonyl (C=O) groups excluding carboxylic acids is 1. The Balaban J connectivity index is 0.00000192. The molecule has 1 saturated heterocycles. The molecule has 3 rings (SSSR count). The fourth-order valence-electron chi connectivity index (χ4n) is 3.17. The fraction of sp³-hybridized carbons (Fsp3) is 0.412. The molecule has 2 N–H and O–H groups in total. The van der Waals surface area contributed by atoms with Crippen molar-refractivity contribution in [2.24, 2.45) is 5.73 Å². The highest BCUT2D eigenvalue weighted by molar-refractivity contribution is 5.95. The van der Waals surface area contributed by atoms with Crippen molar-refractivity contribution in [1.82, 2.24) is 14.7 Å². The summed E-state index contributed by atoms with van der Waals surface area (Å²) in [5.41, 5.74) is 9.47. The van der Waals surface area contributed by atoms with Gasteiger partial charge in [0, 0.05) is 19.1 Å². The highest BCUT2D eigenvalue weighted by Gasteiger charge is 2.30. The van der Waals surface area contributed by atoms with Crippen LogP contribution >= 0.6 is 12.4 Å². The second kappa shape index (κ2) is 7.15. The van der Waals surface area contributed by atoms with Crippen molar-refractivity contribution in [3.8, 4) is 5.69 Å². The number of amides is 1. The lowest BCUT2D eigenvalue weighted by molar-refractivity contribution is 0.0740. The molecule has 1 aliphatic rings. The Kier molecular flexibility index (Phi) is 5.44. The van der Waals surface area contributed by atoms with Gasteiger partial charge in [-0.1, -0.05) is 18.2 Å². The highest BCUT2D eigenvalue weighted by atomic mass is 35.5. The predicted octanol–water partition coefficient (Wildman–Crippen LogP) is 2.47. The minimum Gasteiger partial charge on any atom is -0.334 e. The second-order valence-corrected chi connectivity index (χ2v) is 5.87. The number of rotatable bonds is 3. The Morgan fingerprint density at radius 1 is 1.35 bits per heavy atom. The summed E-state index contributed by atoms with van der Waals surface area (Å²) in [7, 11) is 0. The lowest BCUT2D eigenvalue weighted by Gasteiger charge is -2.23. The van der Waals surface area contributed by atoms with Crippen LogP contribution in [0.1, 0.15) is 34.5 Å². The van der Waals surface area contributed by atoms with Gasteiger partial charge < -0.3 is 10.6 Å². The van der Waals surface area contributed by atoms with E-state index in [1.165, 1.54) is 0 Å². The third-order valence-corrected chi connectivity index (χ3v) is 4.49. The number of carbonyl (C=O) groups is 1. The van der Waals surface area contributed by atoms with E-state index in [1.54, 1.807) is 6.20 Å². The summed E-state index contributed by atoms with van der Waals surface area (Å²) in [6.45, 7) is 5.30. The van der Waals surface area contributed by atoms with E-state index in [4.69, 9.17) is 5.73 Å². The number of benzene rings is 1. The summed E-state index contributed by atoms with van der Waals surface area (Å²) >= 11 is 0. The van der Waals surface area contributed by atoms with E-state index in [-0.39, 0.29) is 24.4 Å². The van der Waals surface area contributed by atoms with Crippen molar-refractivity contribution in [1.29, 1.82) is 0 Å². The van der Waals surface area contributed by atoms with Crippen LogP contribution in [0.2, 0.25) is 0 Å². The van der Waals surface area contributed by atoms with Crippen molar-refractivity contribution >= 4 is 18.3 Å². The summed E-state index contributed by atoms with van der Waals surface area (Å²) in [6.07, 6.45) is 3.70. The molecule has 0 spiro atoms. The molecular formula is C17H23ClN4O. The standard InChI is InChI=1S/C17H22N4O.ClH/c1-12-6-3-4-8-16(12)21-13(2)15(11-19-21)17(22)20-9-5-7-14(20)10-18;/h3-4,6,8,11,14H,5,7,9-10,18H2,1-2H3;1H. The molecule has 0 saturated carbocycles.